The van der Waals surface area contributed by atoms with Crippen molar-refractivity contribution in [3.63, 3.8) is 0 Å². The third-order valence-corrected chi connectivity index (χ3v) is 8.23. The monoisotopic (exact) mass is 523 g/mol. The number of phenolic OH excluding ortho intramolecular Hbond substituents is 1. The van der Waals surface area contributed by atoms with E-state index in [4.69, 9.17) is 5.73 Å². The first kappa shape index (κ1) is 24.6. The second kappa shape index (κ2) is 8.68. The Morgan fingerprint density at radius 2 is 1.46 bits per heavy atom. The average Bonchev–Trinajstić information content (AvgIpc) is 2.91. The van der Waals surface area contributed by atoms with E-state index in [2.05, 4.69) is 0 Å². The molecule has 8 nitrogen and oxygen atoms in total. The first-order chi connectivity index (χ1) is 18.6. The first-order valence-electron chi connectivity index (χ1n) is 12.6. The van der Waals surface area contributed by atoms with Gasteiger partial charge in [-0.1, -0.05) is 60.7 Å². The second-order valence-corrected chi connectivity index (χ2v) is 10.3. The van der Waals surface area contributed by atoms with E-state index in [1.54, 1.807) is 0 Å². The van der Waals surface area contributed by atoms with Crippen molar-refractivity contribution in [2.75, 3.05) is 0 Å². The first-order valence-corrected chi connectivity index (χ1v) is 12.6. The summed E-state index contributed by atoms with van der Waals surface area (Å²) in [6, 6.07) is 20.4. The Bertz CT molecular complexity index is 1640. The smallest absolute Gasteiger partial charge is 0.255 e. The number of aromatic hydroxyl groups is 1. The van der Waals surface area contributed by atoms with Crippen LogP contribution < -0.4 is 5.73 Å². The summed E-state index contributed by atoms with van der Waals surface area (Å²) in [5.41, 5.74) is 5.15. The molecule has 39 heavy (non-hydrogen) atoms. The molecule has 0 aromatic heterocycles. The molecule has 196 valence electrons. The van der Waals surface area contributed by atoms with Gasteiger partial charge in [-0.25, -0.2) is 0 Å². The standard InChI is InChI=1S/C31H25NO7/c32-30(38)25-22(33)13-18-11-17-12-21-19(15-7-3-1-4-8-15)14-20(16-9-5-2-6-10-16)26(34)24(21)27(35)23(17)28(36)31(18,39)29(25)37/h1-10,14,17-18,34-35,37,39H,11-13H2,(H2,32,38)/t17-,18+,31+/m1/s1. The van der Waals surface area contributed by atoms with Crippen LogP contribution in [0.5, 0.6) is 5.75 Å². The molecule has 3 aromatic rings. The van der Waals surface area contributed by atoms with Gasteiger partial charge in [0.15, 0.2) is 11.4 Å². The number of aliphatic hydroxyl groups is 3. The van der Waals surface area contributed by atoms with Gasteiger partial charge in [0.05, 0.1) is 5.56 Å². The normalized spacial score (nSPS) is 24.2. The van der Waals surface area contributed by atoms with Crippen molar-refractivity contribution < 1.29 is 34.8 Å². The van der Waals surface area contributed by atoms with Crippen LogP contribution >= 0.6 is 0 Å². The molecule has 0 unspecified atom stereocenters. The lowest BCUT2D eigenvalue weighted by atomic mass is 9.59. The highest BCUT2D eigenvalue weighted by Gasteiger charge is 2.60. The second-order valence-electron chi connectivity index (χ2n) is 10.3. The number of benzene rings is 3. The van der Waals surface area contributed by atoms with E-state index in [-0.39, 0.29) is 36.1 Å². The number of fused-ring (bicyclic) bond motifs is 3. The van der Waals surface area contributed by atoms with Crippen molar-refractivity contribution >= 4 is 23.2 Å². The van der Waals surface area contributed by atoms with Gasteiger partial charge in [0.2, 0.25) is 5.78 Å². The predicted molar refractivity (Wildman–Crippen MR) is 142 cm³/mol. The lowest BCUT2D eigenvalue weighted by Gasteiger charge is -2.46. The highest BCUT2D eigenvalue weighted by atomic mass is 16.3. The third-order valence-electron chi connectivity index (χ3n) is 8.23. The van der Waals surface area contributed by atoms with Crippen molar-refractivity contribution in [2.45, 2.75) is 24.9 Å². The quantitative estimate of drug-likeness (QED) is 0.327. The van der Waals surface area contributed by atoms with E-state index < -0.39 is 52.0 Å². The molecule has 8 heteroatoms. The Balaban J connectivity index is 1.61. The summed E-state index contributed by atoms with van der Waals surface area (Å²) in [5, 5.41) is 45.3. The summed E-state index contributed by atoms with van der Waals surface area (Å²) in [7, 11) is 0. The van der Waals surface area contributed by atoms with Crippen molar-refractivity contribution in [3.8, 4) is 28.0 Å². The Kier molecular flexibility index (Phi) is 5.48. The molecule has 3 aliphatic rings. The molecule has 0 heterocycles. The summed E-state index contributed by atoms with van der Waals surface area (Å²) in [5.74, 6) is -6.43. The van der Waals surface area contributed by atoms with Gasteiger partial charge >= 0.3 is 0 Å². The highest BCUT2D eigenvalue weighted by molar-refractivity contribution is 6.22. The van der Waals surface area contributed by atoms with Crippen LogP contribution in [0.4, 0.5) is 0 Å². The average molecular weight is 524 g/mol. The van der Waals surface area contributed by atoms with Gasteiger partial charge in [-0.3, -0.25) is 14.4 Å². The molecule has 3 aliphatic carbocycles. The van der Waals surface area contributed by atoms with Crippen LogP contribution in [0.1, 0.15) is 24.0 Å². The summed E-state index contributed by atoms with van der Waals surface area (Å²) >= 11 is 0. The lowest BCUT2D eigenvalue weighted by Crippen LogP contribution is -2.58. The fraction of sp³-hybridized carbons (Fsp3) is 0.194. The molecule has 6 N–H and O–H groups in total. The van der Waals surface area contributed by atoms with Crippen molar-refractivity contribution in [1.29, 1.82) is 0 Å². The minimum Gasteiger partial charge on any atom is -0.508 e. The number of hydrogen-bond acceptors (Lipinski definition) is 7. The predicted octanol–water partition coefficient (Wildman–Crippen LogP) is 3.76. The van der Waals surface area contributed by atoms with Gasteiger partial charge in [-0.15, -0.1) is 0 Å². The summed E-state index contributed by atoms with van der Waals surface area (Å²) in [6.45, 7) is 0. The number of primary amides is 1. The maximum Gasteiger partial charge on any atom is 0.255 e. The van der Waals surface area contributed by atoms with Gasteiger partial charge in [-0.2, -0.15) is 0 Å². The summed E-state index contributed by atoms with van der Waals surface area (Å²) in [4.78, 5) is 38.3. The van der Waals surface area contributed by atoms with Gasteiger partial charge in [0, 0.05) is 23.5 Å². The molecule has 1 saturated carbocycles. The fourth-order valence-electron chi connectivity index (χ4n) is 6.40. The number of phenols is 1. The zero-order valence-corrected chi connectivity index (χ0v) is 20.7. The molecule has 3 atom stereocenters. The Labute approximate surface area is 223 Å². The van der Waals surface area contributed by atoms with Gasteiger partial charge in [0.1, 0.15) is 22.8 Å². The zero-order valence-electron chi connectivity index (χ0n) is 20.7. The number of carbonyl (C=O) groups is 3. The molecular weight excluding hydrogens is 498 g/mol. The topological polar surface area (TPSA) is 158 Å². The number of Topliss-reactive ketones (excluding diaryl/α,β-unsaturated/α-hetero) is 2. The van der Waals surface area contributed by atoms with E-state index in [0.29, 0.717) is 16.7 Å². The molecule has 0 aliphatic heterocycles. The highest BCUT2D eigenvalue weighted by Crippen LogP contribution is 2.54. The van der Waals surface area contributed by atoms with E-state index in [9.17, 15) is 34.8 Å². The minimum atomic E-state index is -2.59. The van der Waals surface area contributed by atoms with E-state index in [1.165, 1.54) is 0 Å². The van der Waals surface area contributed by atoms with Crippen molar-refractivity contribution in [2.24, 2.45) is 17.6 Å². The van der Waals surface area contributed by atoms with Gasteiger partial charge < -0.3 is 26.2 Å². The van der Waals surface area contributed by atoms with E-state index >= 15 is 0 Å². The lowest BCUT2D eigenvalue weighted by molar-refractivity contribution is -0.147. The van der Waals surface area contributed by atoms with Crippen LogP contribution in [0.3, 0.4) is 0 Å². The molecule has 0 spiro atoms. The van der Waals surface area contributed by atoms with Gasteiger partial charge in [0.25, 0.3) is 5.91 Å². The molecule has 1 fully saturated rings. The third kappa shape index (κ3) is 3.45. The molecular formula is C31H25NO7. The number of nitrogens with two attached hydrogens (primary N) is 1. The molecule has 0 radical (unpaired) electrons. The van der Waals surface area contributed by atoms with Gasteiger partial charge in [-0.05, 0) is 47.1 Å². The number of aliphatic hydroxyl groups excluding tert-OH is 2. The van der Waals surface area contributed by atoms with Crippen LogP contribution in [0.15, 0.2) is 83.6 Å². The number of hydrogen-bond donors (Lipinski definition) is 5. The van der Waals surface area contributed by atoms with Crippen LogP contribution in [0.25, 0.3) is 28.0 Å². The largest absolute Gasteiger partial charge is 0.508 e. The maximum atomic E-state index is 13.8. The van der Waals surface area contributed by atoms with Crippen LogP contribution in [-0.4, -0.2) is 43.5 Å². The summed E-state index contributed by atoms with van der Waals surface area (Å²) < 4.78 is 0. The Hall–Kier alpha value is -4.69. The van der Waals surface area contributed by atoms with Crippen LogP contribution in [-0.2, 0) is 20.8 Å². The van der Waals surface area contributed by atoms with E-state index in [1.807, 2.05) is 66.7 Å². The van der Waals surface area contributed by atoms with E-state index in [0.717, 1.165) is 11.1 Å². The van der Waals surface area contributed by atoms with Crippen LogP contribution in [0.2, 0.25) is 0 Å². The van der Waals surface area contributed by atoms with Crippen LogP contribution in [0, 0.1) is 11.8 Å². The maximum absolute atomic E-state index is 13.8. The van der Waals surface area contributed by atoms with Crippen molar-refractivity contribution in [1.82, 2.24) is 0 Å². The SMILES string of the molecule is NC(=O)C1=C(O)[C@@]2(O)C(=O)C3=C(O)c4c(O)c(-c5ccccc5)cc(-c5ccccc5)c4C[C@H]3C[C@H]2CC1=O. The Morgan fingerprint density at radius 3 is 2.05 bits per heavy atom. The molecule has 1 amide bonds. The number of amides is 1. The zero-order chi connectivity index (χ0) is 27.6. The molecule has 3 aromatic carbocycles. The molecule has 0 bridgehead atoms. The molecule has 0 saturated heterocycles. The summed E-state index contributed by atoms with van der Waals surface area (Å²) in [6.07, 6.45) is -0.0364. The number of ketones is 2. The Morgan fingerprint density at radius 1 is 0.872 bits per heavy atom. The van der Waals surface area contributed by atoms with Crippen molar-refractivity contribution in [3.05, 3.63) is 94.8 Å². The number of carbonyl (C=O) groups excluding carboxylic acids is 3. The minimum absolute atomic E-state index is 0.0716. The number of rotatable bonds is 3. The fourth-order valence-corrected chi connectivity index (χ4v) is 6.40. The molecule has 6 rings (SSSR count).